The molecule has 3 rings (SSSR count). The summed E-state index contributed by atoms with van der Waals surface area (Å²) in [5.74, 6) is 0.0833. The van der Waals surface area contributed by atoms with Crippen molar-refractivity contribution in [3.8, 4) is 5.75 Å². The van der Waals surface area contributed by atoms with E-state index in [-0.39, 0.29) is 17.2 Å². The molecule has 144 valence electrons. The Bertz CT molecular complexity index is 940. The fourth-order valence-electron chi connectivity index (χ4n) is 3.03. The second-order valence-electron chi connectivity index (χ2n) is 6.29. The van der Waals surface area contributed by atoms with Crippen LogP contribution in [-0.4, -0.2) is 38.8 Å². The number of ether oxygens (including phenoxy) is 1. The number of benzene rings is 2. The van der Waals surface area contributed by atoms with Crippen LogP contribution in [0.4, 0.5) is 5.69 Å². The maximum absolute atomic E-state index is 12.8. The topological polar surface area (TPSA) is 75.7 Å². The van der Waals surface area contributed by atoms with Crippen molar-refractivity contribution in [2.75, 3.05) is 25.5 Å². The van der Waals surface area contributed by atoms with E-state index in [1.807, 2.05) is 0 Å². The van der Waals surface area contributed by atoms with Gasteiger partial charge in [0.2, 0.25) is 15.9 Å². The van der Waals surface area contributed by atoms with Gasteiger partial charge >= 0.3 is 0 Å². The van der Waals surface area contributed by atoms with E-state index >= 15 is 0 Å². The molecule has 0 unspecified atom stereocenters. The molecule has 0 atom stereocenters. The van der Waals surface area contributed by atoms with Crippen molar-refractivity contribution in [2.45, 2.75) is 24.2 Å². The number of nitrogens with one attached hydrogen (secondary N) is 1. The van der Waals surface area contributed by atoms with Gasteiger partial charge in [0.1, 0.15) is 5.75 Å². The van der Waals surface area contributed by atoms with E-state index in [0.29, 0.717) is 35.1 Å². The number of carbonyl (C=O) groups is 1. The molecule has 1 amide bonds. The Labute approximate surface area is 164 Å². The highest BCUT2D eigenvalue weighted by molar-refractivity contribution is 7.89. The molecule has 0 spiro atoms. The number of halogens is 1. The van der Waals surface area contributed by atoms with Gasteiger partial charge in [-0.25, -0.2) is 8.42 Å². The summed E-state index contributed by atoms with van der Waals surface area (Å²) in [5, 5.41) is 3.24. The molecule has 1 aliphatic rings. The minimum absolute atomic E-state index is 0.0753. The largest absolute Gasteiger partial charge is 0.495 e. The zero-order valence-corrected chi connectivity index (χ0v) is 16.5. The minimum atomic E-state index is -3.58. The molecular weight excluding hydrogens is 388 g/mol. The van der Waals surface area contributed by atoms with Gasteiger partial charge in [-0.15, -0.1) is 0 Å². The van der Waals surface area contributed by atoms with E-state index in [1.54, 1.807) is 30.3 Å². The molecule has 0 aliphatic carbocycles. The Morgan fingerprint density at radius 3 is 2.56 bits per heavy atom. The van der Waals surface area contributed by atoms with E-state index in [2.05, 4.69) is 5.32 Å². The van der Waals surface area contributed by atoms with Crippen molar-refractivity contribution in [1.82, 2.24) is 4.31 Å². The Hall–Kier alpha value is -2.09. The highest BCUT2D eigenvalue weighted by atomic mass is 35.5. The van der Waals surface area contributed by atoms with Crippen LogP contribution >= 0.6 is 11.6 Å². The molecule has 2 aromatic rings. The number of rotatable bonds is 6. The quantitative estimate of drug-likeness (QED) is 0.795. The molecule has 1 heterocycles. The summed E-state index contributed by atoms with van der Waals surface area (Å²) >= 11 is 6.10. The maximum Gasteiger partial charge on any atom is 0.243 e. The maximum atomic E-state index is 12.8. The lowest BCUT2D eigenvalue weighted by Crippen LogP contribution is -2.28. The first kappa shape index (κ1) is 19.7. The number of hydrogen-bond acceptors (Lipinski definition) is 4. The molecule has 27 heavy (non-hydrogen) atoms. The van der Waals surface area contributed by atoms with Crippen molar-refractivity contribution in [3.05, 3.63) is 53.1 Å². The number of carbonyl (C=O) groups excluding carboxylic acids is 1. The van der Waals surface area contributed by atoms with Gasteiger partial charge in [0, 0.05) is 18.1 Å². The Kier molecular flexibility index (Phi) is 6.04. The van der Waals surface area contributed by atoms with Crippen LogP contribution in [0.25, 0.3) is 0 Å². The third-order valence-electron chi connectivity index (χ3n) is 4.46. The van der Waals surface area contributed by atoms with Crippen molar-refractivity contribution < 1.29 is 17.9 Å². The molecule has 1 aliphatic heterocycles. The van der Waals surface area contributed by atoms with Gasteiger partial charge in [-0.05, 0) is 42.7 Å². The molecule has 1 N–H and O–H groups in total. The van der Waals surface area contributed by atoms with E-state index in [0.717, 1.165) is 12.8 Å². The highest BCUT2D eigenvalue weighted by Crippen LogP contribution is 2.30. The van der Waals surface area contributed by atoms with E-state index < -0.39 is 10.0 Å². The molecule has 0 saturated carbocycles. The first-order valence-corrected chi connectivity index (χ1v) is 10.4. The molecular formula is C19H21ClN2O4S. The second kappa shape index (κ2) is 8.29. The molecule has 2 aromatic carbocycles. The van der Waals surface area contributed by atoms with Gasteiger partial charge in [-0.2, -0.15) is 4.31 Å². The average molecular weight is 409 g/mol. The van der Waals surface area contributed by atoms with Crippen molar-refractivity contribution in [2.24, 2.45) is 0 Å². The summed E-state index contributed by atoms with van der Waals surface area (Å²) in [6.07, 6.45) is 1.79. The summed E-state index contributed by atoms with van der Waals surface area (Å²) in [6.45, 7) is 1.03. The molecule has 8 heteroatoms. The Morgan fingerprint density at radius 1 is 1.19 bits per heavy atom. The summed E-state index contributed by atoms with van der Waals surface area (Å²) in [5.41, 5.74) is 1.01. The zero-order valence-electron chi connectivity index (χ0n) is 14.9. The van der Waals surface area contributed by atoms with Crippen LogP contribution in [0.3, 0.4) is 0 Å². The summed E-state index contributed by atoms with van der Waals surface area (Å²) in [7, 11) is -2.12. The van der Waals surface area contributed by atoms with Gasteiger partial charge in [0.25, 0.3) is 0 Å². The standard InChI is InChI=1S/C19H21ClN2O4S/c1-26-18-9-8-15(27(24,25)22-10-4-5-11-22)13-17(18)21-19(23)12-14-6-2-3-7-16(14)20/h2-3,6-9,13H,4-5,10-12H2,1H3,(H,21,23). The third-order valence-corrected chi connectivity index (χ3v) is 6.72. The number of anilines is 1. The normalized spacial score (nSPS) is 14.9. The van der Waals surface area contributed by atoms with Crippen LogP contribution in [-0.2, 0) is 21.2 Å². The van der Waals surface area contributed by atoms with Gasteiger partial charge in [-0.1, -0.05) is 29.8 Å². The predicted octanol–water partition coefficient (Wildman–Crippen LogP) is 3.31. The summed E-state index contributed by atoms with van der Waals surface area (Å²) in [4.78, 5) is 12.6. The van der Waals surface area contributed by atoms with E-state index in [1.165, 1.54) is 23.5 Å². The molecule has 1 saturated heterocycles. The van der Waals surface area contributed by atoms with Gasteiger partial charge in [0.05, 0.1) is 24.1 Å². The van der Waals surface area contributed by atoms with Crippen LogP contribution in [0, 0.1) is 0 Å². The van der Waals surface area contributed by atoms with Gasteiger partial charge in [0.15, 0.2) is 0 Å². The van der Waals surface area contributed by atoms with E-state index in [4.69, 9.17) is 16.3 Å². The lowest BCUT2D eigenvalue weighted by atomic mass is 10.1. The molecule has 6 nitrogen and oxygen atoms in total. The van der Waals surface area contributed by atoms with Crippen LogP contribution in [0.1, 0.15) is 18.4 Å². The Balaban J connectivity index is 1.83. The van der Waals surface area contributed by atoms with Crippen LogP contribution in [0.2, 0.25) is 5.02 Å². The van der Waals surface area contributed by atoms with Crippen LogP contribution < -0.4 is 10.1 Å². The number of amides is 1. The zero-order chi connectivity index (χ0) is 19.4. The van der Waals surface area contributed by atoms with Crippen LogP contribution in [0.15, 0.2) is 47.4 Å². The SMILES string of the molecule is COc1ccc(S(=O)(=O)N2CCCC2)cc1NC(=O)Cc1ccccc1Cl. The van der Waals surface area contributed by atoms with Gasteiger partial charge < -0.3 is 10.1 Å². The monoisotopic (exact) mass is 408 g/mol. The minimum Gasteiger partial charge on any atom is -0.495 e. The fourth-order valence-corrected chi connectivity index (χ4v) is 4.78. The molecule has 0 bridgehead atoms. The van der Waals surface area contributed by atoms with Crippen molar-refractivity contribution in [3.63, 3.8) is 0 Å². The molecule has 0 aromatic heterocycles. The number of hydrogen-bond donors (Lipinski definition) is 1. The smallest absolute Gasteiger partial charge is 0.243 e. The lowest BCUT2D eigenvalue weighted by molar-refractivity contribution is -0.115. The fraction of sp³-hybridized carbons (Fsp3) is 0.316. The number of sulfonamides is 1. The summed E-state index contributed by atoms with van der Waals surface area (Å²) in [6, 6.07) is 11.6. The van der Waals surface area contributed by atoms with Crippen molar-refractivity contribution in [1.29, 1.82) is 0 Å². The third kappa shape index (κ3) is 4.43. The molecule has 0 radical (unpaired) electrons. The van der Waals surface area contributed by atoms with Gasteiger partial charge in [-0.3, -0.25) is 4.79 Å². The predicted molar refractivity (Wildman–Crippen MR) is 105 cm³/mol. The number of methoxy groups -OCH3 is 1. The van der Waals surface area contributed by atoms with Crippen molar-refractivity contribution >= 4 is 33.2 Å². The van der Waals surface area contributed by atoms with E-state index in [9.17, 15) is 13.2 Å². The number of nitrogens with zero attached hydrogens (tertiary/aromatic N) is 1. The summed E-state index contributed by atoms with van der Waals surface area (Å²) < 4.78 is 32.3. The highest BCUT2D eigenvalue weighted by Gasteiger charge is 2.28. The Morgan fingerprint density at radius 2 is 1.89 bits per heavy atom. The second-order valence-corrected chi connectivity index (χ2v) is 8.63. The van der Waals surface area contributed by atoms with Crippen LogP contribution in [0.5, 0.6) is 5.75 Å². The first-order chi connectivity index (χ1) is 12.9. The lowest BCUT2D eigenvalue weighted by Gasteiger charge is -2.17. The molecule has 1 fully saturated rings. The first-order valence-electron chi connectivity index (χ1n) is 8.63. The average Bonchev–Trinajstić information content (AvgIpc) is 3.19.